The van der Waals surface area contributed by atoms with Crippen LogP contribution in [0.15, 0.2) is 48.5 Å². The highest BCUT2D eigenvalue weighted by molar-refractivity contribution is 7.89. The van der Waals surface area contributed by atoms with Crippen LogP contribution in [0.25, 0.3) is 0 Å². The van der Waals surface area contributed by atoms with Crippen LogP contribution in [0, 0.1) is 5.82 Å². The van der Waals surface area contributed by atoms with Gasteiger partial charge in [-0.3, -0.25) is 4.79 Å². The monoisotopic (exact) mass is 505 g/mol. The van der Waals surface area contributed by atoms with Gasteiger partial charge < -0.3 is 14.9 Å². The molecule has 0 unspecified atom stereocenters. The SMILES string of the molecule is C[C@H]1CC[C@H](c2ccccc2)S(=O)(=O)N1Cc1ccc(C2([C@@H](O)CC(=O)O)CCOCC2)cc1F. The molecule has 2 saturated heterocycles. The van der Waals surface area contributed by atoms with Gasteiger partial charge in [0, 0.05) is 36.8 Å². The molecule has 190 valence electrons. The minimum atomic E-state index is -3.71. The fraction of sp³-hybridized carbons (Fsp3) is 0.500. The quantitative estimate of drug-likeness (QED) is 0.594. The number of carbonyl (C=O) groups is 1. The summed E-state index contributed by atoms with van der Waals surface area (Å²) >= 11 is 0. The Morgan fingerprint density at radius 3 is 2.49 bits per heavy atom. The number of carboxylic acid groups (broad SMARTS) is 1. The number of aliphatic hydroxyl groups is 1. The molecule has 0 radical (unpaired) electrons. The lowest BCUT2D eigenvalue weighted by Gasteiger charge is -2.41. The summed E-state index contributed by atoms with van der Waals surface area (Å²) in [4.78, 5) is 11.3. The Morgan fingerprint density at radius 1 is 1.17 bits per heavy atom. The van der Waals surface area contributed by atoms with Crippen LogP contribution in [-0.2, 0) is 31.5 Å². The van der Waals surface area contributed by atoms with Crippen LogP contribution in [0.5, 0.6) is 0 Å². The first-order chi connectivity index (χ1) is 16.6. The van der Waals surface area contributed by atoms with Crippen molar-refractivity contribution >= 4 is 16.0 Å². The molecule has 2 aliphatic heterocycles. The summed E-state index contributed by atoms with van der Waals surface area (Å²) in [5, 5.41) is 19.3. The maximum atomic E-state index is 15.4. The zero-order valence-electron chi connectivity index (χ0n) is 19.8. The van der Waals surface area contributed by atoms with E-state index in [1.165, 1.54) is 10.4 Å². The van der Waals surface area contributed by atoms with Gasteiger partial charge in [0.15, 0.2) is 0 Å². The number of carboxylic acids is 1. The zero-order valence-corrected chi connectivity index (χ0v) is 20.6. The van der Waals surface area contributed by atoms with Crippen molar-refractivity contribution in [3.05, 3.63) is 71.0 Å². The van der Waals surface area contributed by atoms with Gasteiger partial charge in [0.25, 0.3) is 0 Å². The van der Waals surface area contributed by atoms with Crippen molar-refractivity contribution in [1.82, 2.24) is 4.31 Å². The van der Waals surface area contributed by atoms with E-state index < -0.39 is 45.0 Å². The van der Waals surface area contributed by atoms with E-state index in [4.69, 9.17) is 4.74 Å². The highest BCUT2D eigenvalue weighted by Crippen LogP contribution is 2.41. The van der Waals surface area contributed by atoms with Crippen molar-refractivity contribution in [2.45, 2.75) is 68.4 Å². The Morgan fingerprint density at radius 2 is 1.86 bits per heavy atom. The fourth-order valence-electron chi connectivity index (χ4n) is 5.42. The molecule has 0 aliphatic carbocycles. The highest BCUT2D eigenvalue weighted by Gasteiger charge is 2.43. The lowest BCUT2D eigenvalue weighted by atomic mass is 9.69. The number of halogens is 1. The fourth-order valence-corrected chi connectivity index (χ4v) is 7.60. The van der Waals surface area contributed by atoms with Crippen LogP contribution in [-0.4, -0.2) is 54.3 Å². The van der Waals surface area contributed by atoms with E-state index in [1.54, 1.807) is 12.1 Å². The molecule has 4 rings (SSSR count). The summed E-state index contributed by atoms with van der Waals surface area (Å²) in [7, 11) is -3.71. The maximum Gasteiger partial charge on any atom is 0.306 e. The van der Waals surface area contributed by atoms with Gasteiger partial charge in [0.2, 0.25) is 10.0 Å². The summed E-state index contributed by atoms with van der Waals surface area (Å²) in [5.74, 6) is -1.70. The van der Waals surface area contributed by atoms with Crippen molar-refractivity contribution in [3.63, 3.8) is 0 Å². The van der Waals surface area contributed by atoms with Gasteiger partial charge in [0.05, 0.1) is 12.5 Å². The van der Waals surface area contributed by atoms with Crippen LogP contribution in [0.2, 0.25) is 0 Å². The first-order valence-electron chi connectivity index (χ1n) is 12.0. The predicted molar refractivity (Wildman–Crippen MR) is 129 cm³/mol. The number of rotatable bonds is 7. The van der Waals surface area contributed by atoms with E-state index in [1.807, 2.05) is 37.3 Å². The number of ether oxygens (including phenoxy) is 1. The van der Waals surface area contributed by atoms with E-state index in [2.05, 4.69) is 0 Å². The van der Waals surface area contributed by atoms with Gasteiger partial charge in [-0.15, -0.1) is 0 Å². The van der Waals surface area contributed by atoms with E-state index in [9.17, 15) is 23.4 Å². The van der Waals surface area contributed by atoms with E-state index in [-0.39, 0.29) is 18.2 Å². The van der Waals surface area contributed by atoms with Crippen molar-refractivity contribution in [2.75, 3.05) is 13.2 Å². The first kappa shape index (κ1) is 25.8. The summed E-state index contributed by atoms with van der Waals surface area (Å²) in [6, 6.07) is 13.4. The number of benzene rings is 2. The normalized spacial score (nSPS) is 25.1. The molecule has 35 heavy (non-hydrogen) atoms. The molecule has 2 heterocycles. The molecule has 2 aromatic carbocycles. The molecule has 3 atom stereocenters. The number of hydrogen-bond acceptors (Lipinski definition) is 5. The van der Waals surface area contributed by atoms with Crippen LogP contribution < -0.4 is 0 Å². The van der Waals surface area contributed by atoms with Crippen LogP contribution in [0.4, 0.5) is 4.39 Å². The minimum absolute atomic E-state index is 0.0905. The number of sulfonamides is 1. The molecule has 2 N–H and O–H groups in total. The van der Waals surface area contributed by atoms with E-state index >= 15 is 4.39 Å². The summed E-state index contributed by atoms with van der Waals surface area (Å²) in [6.07, 6.45) is 0.282. The van der Waals surface area contributed by atoms with E-state index in [0.717, 1.165) is 5.56 Å². The number of aliphatic carboxylic acids is 1. The van der Waals surface area contributed by atoms with Gasteiger partial charge >= 0.3 is 5.97 Å². The summed E-state index contributed by atoms with van der Waals surface area (Å²) in [5.41, 5.74) is 0.549. The number of nitrogens with zero attached hydrogens (tertiary/aromatic N) is 1. The van der Waals surface area contributed by atoms with Crippen molar-refractivity contribution < 1.29 is 32.6 Å². The number of hydrogen-bond donors (Lipinski definition) is 2. The van der Waals surface area contributed by atoms with Gasteiger partial charge in [-0.05, 0) is 49.8 Å². The highest BCUT2D eigenvalue weighted by atomic mass is 32.2. The number of aliphatic hydroxyl groups excluding tert-OH is 1. The Balaban J connectivity index is 1.62. The van der Waals surface area contributed by atoms with Crippen LogP contribution in [0.1, 0.15) is 61.0 Å². The van der Waals surface area contributed by atoms with Crippen LogP contribution >= 0.6 is 0 Å². The molecule has 0 amide bonds. The molecule has 0 saturated carbocycles. The average Bonchev–Trinajstić information content (AvgIpc) is 2.83. The first-order valence-corrected chi connectivity index (χ1v) is 13.5. The predicted octanol–water partition coefficient (Wildman–Crippen LogP) is 3.76. The largest absolute Gasteiger partial charge is 0.481 e. The zero-order chi connectivity index (χ0) is 25.2. The third kappa shape index (κ3) is 5.14. The Kier molecular flexibility index (Phi) is 7.61. The molecule has 9 heteroatoms. The van der Waals surface area contributed by atoms with Gasteiger partial charge in [-0.25, -0.2) is 12.8 Å². The third-order valence-corrected chi connectivity index (χ3v) is 9.91. The molecular formula is C26H32FNO6S. The average molecular weight is 506 g/mol. The van der Waals surface area contributed by atoms with Crippen molar-refractivity contribution in [3.8, 4) is 0 Å². The van der Waals surface area contributed by atoms with Crippen molar-refractivity contribution in [1.29, 1.82) is 0 Å². The van der Waals surface area contributed by atoms with E-state index in [0.29, 0.717) is 44.5 Å². The molecule has 2 aromatic rings. The molecule has 7 nitrogen and oxygen atoms in total. The smallest absolute Gasteiger partial charge is 0.306 e. The molecule has 0 bridgehead atoms. The Hall–Kier alpha value is -2.33. The second kappa shape index (κ2) is 10.3. The van der Waals surface area contributed by atoms with Crippen LogP contribution in [0.3, 0.4) is 0 Å². The topological polar surface area (TPSA) is 104 Å². The lowest BCUT2D eigenvalue weighted by molar-refractivity contribution is -0.141. The molecule has 0 spiro atoms. The summed E-state index contributed by atoms with van der Waals surface area (Å²) < 4.78 is 49.2. The summed E-state index contributed by atoms with van der Waals surface area (Å²) in [6.45, 7) is 2.42. The van der Waals surface area contributed by atoms with Gasteiger partial charge in [-0.2, -0.15) is 4.31 Å². The molecule has 2 aliphatic rings. The second-order valence-corrected chi connectivity index (χ2v) is 11.7. The van der Waals surface area contributed by atoms with Gasteiger partial charge in [-0.1, -0.05) is 42.5 Å². The molecular weight excluding hydrogens is 473 g/mol. The van der Waals surface area contributed by atoms with Gasteiger partial charge in [0.1, 0.15) is 11.1 Å². The molecule has 0 aromatic heterocycles. The minimum Gasteiger partial charge on any atom is -0.481 e. The standard InChI is InChI=1S/C26H32FNO6S/c1-18-7-10-23(19-5-3-2-4-6-19)35(32,33)28(18)17-20-8-9-21(15-22(20)27)26(11-13-34-14-12-26)24(29)16-25(30)31/h2-6,8-9,15,18,23-24,29H,7,10-14,16-17H2,1H3,(H,30,31)/t18-,23+,24-/m0/s1. The Labute approximate surface area is 205 Å². The Bertz CT molecular complexity index is 1150. The second-order valence-electron chi connectivity index (χ2n) is 9.60. The third-order valence-electron chi connectivity index (χ3n) is 7.54. The maximum absolute atomic E-state index is 15.4. The van der Waals surface area contributed by atoms with Crippen molar-refractivity contribution in [2.24, 2.45) is 0 Å². The molecule has 2 fully saturated rings. The lowest BCUT2D eigenvalue weighted by Crippen LogP contribution is -2.46.